The number of hydrogen-bond donors (Lipinski definition) is 0. The second-order valence-electron chi connectivity index (χ2n) is 20.9. The molecule has 294 valence electrons. The van der Waals surface area contributed by atoms with Gasteiger partial charge in [0.2, 0.25) is 0 Å². The molecule has 3 aliphatic rings. The van der Waals surface area contributed by atoms with E-state index in [-0.39, 0.29) is 31.9 Å². The summed E-state index contributed by atoms with van der Waals surface area (Å²) >= 11 is 1.95. The summed E-state index contributed by atoms with van der Waals surface area (Å²) in [7, 11) is 0. The Morgan fingerprint density at radius 3 is 2.05 bits per heavy atom. The van der Waals surface area contributed by atoms with Crippen LogP contribution in [0.25, 0.3) is 27.6 Å². The number of ether oxygens (including phenoxy) is 1. The zero-order valence-electron chi connectivity index (χ0n) is 37.0. The van der Waals surface area contributed by atoms with Gasteiger partial charge in [-0.3, -0.25) is 9.56 Å². The molecule has 5 heteroatoms. The molecule has 9 rings (SSSR count). The van der Waals surface area contributed by atoms with E-state index in [4.69, 9.17) is 14.7 Å². The first-order chi connectivity index (χ1) is 26.4. The summed E-state index contributed by atoms with van der Waals surface area (Å²) in [4.78, 5) is 10.8. The summed E-state index contributed by atoms with van der Waals surface area (Å²) in [6.07, 6.45) is 1.92. The van der Waals surface area contributed by atoms with Gasteiger partial charge in [0.15, 0.2) is 0 Å². The monoisotopic (exact) mass is 773 g/mol. The van der Waals surface area contributed by atoms with Crippen LogP contribution in [0.4, 0.5) is 0 Å². The molecule has 4 nitrogen and oxygen atoms in total. The average Bonchev–Trinajstić information content (AvgIpc) is 3.62. The molecule has 6 aromatic rings. The minimum absolute atomic E-state index is 0.00909. The Bertz CT molecular complexity index is 2780. The van der Waals surface area contributed by atoms with Gasteiger partial charge in [-0.25, -0.2) is 4.98 Å². The van der Waals surface area contributed by atoms with Crippen LogP contribution in [-0.2, 0) is 26.4 Å². The van der Waals surface area contributed by atoms with Crippen LogP contribution in [0.2, 0.25) is 0 Å². The van der Waals surface area contributed by atoms with Crippen molar-refractivity contribution in [3.63, 3.8) is 0 Å². The average molecular weight is 774 g/mol. The van der Waals surface area contributed by atoms with Gasteiger partial charge >= 0.3 is 0 Å². The summed E-state index contributed by atoms with van der Waals surface area (Å²) in [6.45, 7) is 37.3. The maximum Gasteiger partial charge on any atom is 0.141 e. The summed E-state index contributed by atoms with van der Waals surface area (Å²) in [5.74, 6) is 2.72. The quantitative estimate of drug-likeness (QED) is 0.180. The van der Waals surface area contributed by atoms with E-state index in [0.717, 1.165) is 44.6 Å². The molecule has 0 unspecified atom stereocenters. The molecular formula is C52H59N3OS. The second-order valence-corrected chi connectivity index (χ2v) is 22.3. The number of aliphatic imine (C=N–C) groups is 1. The van der Waals surface area contributed by atoms with Crippen molar-refractivity contribution in [2.45, 2.75) is 143 Å². The number of rotatable bonds is 3. The molecule has 2 aromatic heterocycles. The standard InChI is InChI=1S/C52H59N3OS/c1-28-20-35-34-23-31(4)42(27-40(34)55-44(35)39(21-28)49(11,12)36-18-17-19-53-45(36)55)56-41-26-33(29(2)22-30(41)3)46-54-52(16)50(13,14)43-37(48(8,9)10)24-32(47(5,6)7)25-38(43)51(52,15)57-46/h17-27H,1-16H3/t51-,52+/m0/s1. The molecular weight excluding hydrogens is 715 g/mol. The lowest BCUT2D eigenvalue weighted by molar-refractivity contribution is 0.262. The summed E-state index contributed by atoms with van der Waals surface area (Å²) in [6, 6.07) is 23.1. The fourth-order valence-electron chi connectivity index (χ4n) is 10.5. The molecule has 2 atom stereocenters. The predicted octanol–water partition coefficient (Wildman–Crippen LogP) is 13.9. The number of aromatic nitrogens is 2. The SMILES string of the molecule is Cc1cc2c3c(c1)c1cc(C)c(Oc4cc(C5=N[C@]6(C)C(C)(C)c7c(C(C)(C)C)cc(C(C)(C)C)cc7[C@]6(C)S5)c(C)cc4C)cc1n3-c1ncccc1C2(C)C. The zero-order chi connectivity index (χ0) is 41.2. The highest BCUT2D eigenvalue weighted by Gasteiger charge is 2.67. The van der Waals surface area contributed by atoms with Crippen LogP contribution in [0.3, 0.4) is 0 Å². The highest BCUT2D eigenvalue weighted by molar-refractivity contribution is 8.15. The second kappa shape index (κ2) is 11.6. The fraction of sp³-hybridized carbons (Fsp3) is 0.423. The van der Waals surface area contributed by atoms with Crippen LogP contribution in [0, 0.1) is 27.7 Å². The van der Waals surface area contributed by atoms with Crippen molar-refractivity contribution in [2.24, 2.45) is 4.99 Å². The molecule has 0 saturated carbocycles. The molecule has 0 N–H and O–H groups in total. The Labute approximate surface area is 344 Å². The molecule has 4 heterocycles. The topological polar surface area (TPSA) is 39.4 Å². The lowest BCUT2D eigenvalue weighted by atomic mass is 9.67. The maximum atomic E-state index is 7.05. The molecule has 1 aliphatic carbocycles. The zero-order valence-corrected chi connectivity index (χ0v) is 37.8. The van der Waals surface area contributed by atoms with Crippen LogP contribution in [0.15, 0.2) is 71.9 Å². The molecule has 2 aliphatic heterocycles. The van der Waals surface area contributed by atoms with Gasteiger partial charge in [0, 0.05) is 45.0 Å². The number of aryl methyl sites for hydroxylation is 4. The van der Waals surface area contributed by atoms with Gasteiger partial charge in [-0.1, -0.05) is 117 Å². The lowest BCUT2D eigenvalue weighted by Crippen LogP contribution is -2.48. The normalized spacial score (nSPS) is 21.8. The Hall–Kier alpha value is -4.35. The maximum absolute atomic E-state index is 7.05. The van der Waals surface area contributed by atoms with E-state index in [1.54, 1.807) is 0 Å². The molecule has 0 fully saturated rings. The lowest BCUT2D eigenvalue weighted by Gasteiger charge is -2.41. The van der Waals surface area contributed by atoms with Gasteiger partial charge in [-0.15, -0.1) is 0 Å². The smallest absolute Gasteiger partial charge is 0.141 e. The minimum Gasteiger partial charge on any atom is -0.457 e. The predicted molar refractivity (Wildman–Crippen MR) is 243 cm³/mol. The van der Waals surface area contributed by atoms with Gasteiger partial charge in [-0.2, -0.15) is 0 Å². The van der Waals surface area contributed by atoms with Crippen molar-refractivity contribution in [3.8, 4) is 17.3 Å². The number of hydrogen-bond acceptors (Lipinski definition) is 4. The van der Waals surface area contributed by atoms with E-state index < -0.39 is 0 Å². The van der Waals surface area contributed by atoms with Crippen LogP contribution in [0.1, 0.15) is 144 Å². The van der Waals surface area contributed by atoms with E-state index in [0.29, 0.717) is 0 Å². The van der Waals surface area contributed by atoms with Gasteiger partial charge < -0.3 is 4.74 Å². The Balaban J connectivity index is 1.17. The van der Waals surface area contributed by atoms with E-state index in [1.807, 2.05) is 18.0 Å². The van der Waals surface area contributed by atoms with E-state index in [2.05, 4.69) is 176 Å². The first-order valence-electron chi connectivity index (χ1n) is 20.7. The van der Waals surface area contributed by atoms with Crippen molar-refractivity contribution in [2.75, 3.05) is 0 Å². The van der Waals surface area contributed by atoms with E-state index in [1.165, 1.54) is 60.8 Å². The number of pyridine rings is 1. The highest BCUT2D eigenvalue weighted by Crippen LogP contribution is 2.68. The van der Waals surface area contributed by atoms with Crippen LogP contribution in [-0.4, -0.2) is 20.1 Å². The van der Waals surface area contributed by atoms with Gasteiger partial charge in [0.05, 0.1) is 26.4 Å². The molecule has 4 aromatic carbocycles. The number of fused-ring (bicyclic) bond motifs is 8. The van der Waals surface area contributed by atoms with E-state index in [9.17, 15) is 0 Å². The number of thioether (sulfide) groups is 1. The molecule has 0 spiro atoms. The summed E-state index contributed by atoms with van der Waals surface area (Å²) in [5.41, 5.74) is 15.9. The summed E-state index contributed by atoms with van der Waals surface area (Å²) < 4.78 is 9.18. The third-order valence-electron chi connectivity index (χ3n) is 14.3. The van der Waals surface area contributed by atoms with Gasteiger partial charge in [0.1, 0.15) is 17.3 Å². The molecule has 0 bridgehead atoms. The molecule has 0 saturated heterocycles. The number of benzene rings is 4. The van der Waals surface area contributed by atoms with Gasteiger partial charge in [-0.05, 0) is 121 Å². The van der Waals surface area contributed by atoms with Crippen molar-refractivity contribution in [1.82, 2.24) is 9.55 Å². The third-order valence-corrected chi connectivity index (χ3v) is 15.9. The third kappa shape index (κ3) is 5.06. The summed E-state index contributed by atoms with van der Waals surface area (Å²) in [5, 5.41) is 3.60. The Kier molecular flexibility index (Phi) is 7.80. The first kappa shape index (κ1) is 38.2. The van der Waals surface area contributed by atoms with Crippen LogP contribution < -0.4 is 4.74 Å². The van der Waals surface area contributed by atoms with Crippen molar-refractivity contribution in [3.05, 3.63) is 128 Å². The molecule has 0 radical (unpaired) electrons. The fourth-order valence-corrected chi connectivity index (χ4v) is 12.2. The van der Waals surface area contributed by atoms with Crippen molar-refractivity contribution < 1.29 is 4.74 Å². The number of nitrogens with zero attached hydrogens (tertiary/aromatic N) is 3. The van der Waals surface area contributed by atoms with Crippen molar-refractivity contribution >= 4 is 38.6 Å². The first-order valence-corrected chi connectivity index (χ1v) is 21.6. The van der Waals surface area contributed by atoms with Crippen LogP contribution >= 0.6 is 11.8 Å². The highest BCUT2D eigenvalue weighted by atomic mass is 32.2. The Morgan fingerprint density at radius 1 is 0.684 bits per heavy atom. The molecule has 0 amide bonds. The van der Waals surface area contributed by atoms with Crippen molar-refractivity contribution in [1.29, 1.82) is 0 Å². The van der Waals surface area contributed by atoms with Gasteiger partial charge in [0.25, 0.3) is 0 Å². The minimum atomic E-state index is -0.354. The van der Waals surface area contributed by atoms with Crippen LogP contribution in [0.5, 0.6) is 11.5 Å². The largest absolute Gasteiger partial charge is 0.457 e. The molecule has 57 heavy (non-hydrogen) atoms. The van der Waals surface area contributed by atoms with E-state index >= 15 is 0 Å². The Morgan fingerprint density at radius 2 is 1.37 bits per heavy atom.